The van der Waals surface area contributed by atoms with E-state index in [2.05, 4.69) is 20.9 Å². The molecule has 0 bridgehead atoms. The second-order valence-electron chi connectivity index (χ2n) is 5.59. The number of carbonyl (C=O) groups is 1. The summed E-state index contributed by atoms with van der Waals surface area (Å²) in [5.74, 6) is 0.945. The second-order valence-corrected chi connectivity index (χ2v) is 5.59. The summed E-state index contributed by atoms with van der Waals surface area (Å²) in [6.45, 7) is 6.28. The Hall–Kier alpha value is -1.34. The monoisotopic (exact) mass is 328 g/mol. The molecule has 134 valence electrons. The Labute approximate surface area is 139 Å². The van der Waals surface area contributed by atoms with Crippen LogP contribution in [0, 0.1) is 0 Å². The van der Waals surface area contributed by atoms with Gasteiger partial charge >= 0.3 is 0 Å². The number of hydrogen-bond acceptors (Lipinski definition) is 4. The van der Waals surface area contributed by atoms with Crippen LogP contribution in [-0.2, 0) is 14.3 Å². The molecule has 0 radical (unpaired) electrons. The molecule has 1 aliphatic rings. The molecular formula is C16H32N4O3. The molecule has 0 saturated heterocycles. The summed E-state index contributed by atoms with van der Waals surface area (Å²) in [7, 11) is 1.67. The third-order valence-electron chi connectivity index (χ3n) is 3.31. The van der Waals surface area contributed by atoms with Crippen LogP contribution in [0.3, 0.4) is 0 Å². The number of methoxy groups -OCH3 is 1. The lowest BCUT2D eigenvalue weighted by atomic mass is 10.3. The maximum atomic E-state index is 11.6. The molecule has 0 atom stereocenters. The van der Waals surface area contributed by atoms with Crippen molar-refractivity contribution in [2.45, 2.75) is 45.1 Å². The Morgan fingerprint density at radius 2 is 2.00 bits per heavy atom. The number of guanidine groups is 1. The van der Waals surface area contributed by atoms with E-state index in [1.807, 2.05) is 6.92 Å². The molecule has 1 saturated carbocycles. The van der Waals surface area contributed by atoms with Crippen molar-refractivity contribution in [1.29, 1.82) is 0 Å². The van der Waals surface area contributed by atoms with Crippen LogP contribution < -0.4 is 16.0 Å². The molecule has 7 nitrogen and oxygen atoms in total. The summed E-state index contributed by atoms with van der Waals surface area (Å²) in [6.07, 6.45) is 4.50. The standard InChI is InChI=1S/C16H32N4O3/c1-3-17-16(19-10-5-11-23-13-12-22-2)18-9-4-6-15(21)20-14-7-8-14/h14H,3-13H2,1-2H3,(H,20,21)(H2,17,18,19). The van der Waals surface area contributed by atoms with Gasteiger partial charge < -0.3 is 25.4 Å². The molecule has 0 spiro atoms. The third kappa shape index (κ3) is 11.8. The molecular weight excluding hydrogens is 296 g/mol. The fourth-order valence-corrected chi connectivity index (χ4v) is 1.93. The van der Waals surface area contributed by atoms with Crippen LogP contribution in [0.5, 0.6) is 0 Å². The topological polar surface area (TPSA) is 84.0 Å². The van der Waals surface area contributed by atoms with Gasteiger partial charge in [0.05, 0.1) is 13.2 Å². The predicted molar refractivity (Wildman–Crippen MR) is 91.7 cm³/mol. The Bertz CT molecular complexity index is 346. The smallest absolute Gasteiger partial charge is 0.220 e. The van der Waals surface area contributed by atoms with Crippen LogP contribution in [0.25, 0.3) is 0 Å². The number of carbonyl (C=O) groups excluding carboxylic acids is 1. The molecule has 1 rings (SSSR count). The number of rotatable bonds is 13. The third-order valence-corrected chi connectivity index (χ3v) is 3.31. The molecule has 0 aromatic carbocycles. The van der Waals surface area contributed by atoms with Gasteiger partial charge in [0.2, 0.25) is 5.91 Å². The lowest BCUT2D eigenvalue weighted by Crippen LogP contribution is -2.38. The fraction of sp³-hybridized carbons (Fsp3) is 0.875. The number of ether oxygens (including phenoxy) is 2. The molecule has 3 N–H and O–H groups in total. The summed E-state index contributed by atoms with van der Waals surface area (Å²) in [5, 5.41) is 9.46. The van der Waals surface area contributed by atoms with E-state index in [-0.39, 0.29) is 5.91 Å². The highest BCUT2D eigenvalue weighted by Gasteiger charge is 2.22. The van der Waals surface area contributed by atoms with Gasteiger partial charge in [0, 0.05) is 45.8 Å². The van der Waals surface area contributed by atoms with Gasteiger partial charge in [-0.2, -0.15) is 0 Å². The van der Waals surface area contributed by atoms with Crippen LogP contribution in [0.1, 0.15) is 39.0 Å². The van der Waals surface area contributed by atoms with E-state index >= 15 is 0 Å². The van der Waals surface area contributed by atoms with Crippen molar-refractivity contribution in [3.05, 3.63) is 0 Å². The maximum absolute atomic E-state index is 11.6. The Kier molecular flexibility index (Phi) is 11.3. The number of nitrogens with zero attached hydrogens (tertiary/aromatic N) is 1. The molecule has 1 amide bonds. The van der Waals surface area contributed by atoms with Crippen molar-refractivity contribution >= 4 is 11.9 Å². The van der Waals surface area contributed by atoms with Gasteiger partial charge in [-0.15, -0.1) is 0 Å². The molecule has 0 heterocycles. The number of amides is 1. The molecule has 23 heavy (non-hydrogen) atoms. The van der Waals surface area contributed by atoms with Crippen molar-refractivity contribution in [3.8, 4) is 0 Å². The average molecular weight is 328 g/mol. The summed E-state index contributed by atoms with van der Waals surface area (Å²) in [4.78, 5) is 16.1. The van der Waals surface area contributed by atoms with Gasteiger partial charge in [-0.3, -0.25) is 9.79 Å². The van der Waals surface area contributed by atoms with Gasteiger partial charge in [0.25, 0.3) is 0 Å². The Morgan fingerprint density at radius 1 is 1.17 bits per heavy atom. The Morgan fingerprint density at radius 3 is 2.70 bits per heavy atom. The Balaban J connectivity index is 2.05. The molecule has 0 unspecified atom stereocenters. The maximum Gasteiger partial charge on any atom is 0.220 e. The highest BCUT2D eigenvalue weighted by molar-refractivity contribution is 5.79. The van der Waals surface area contributed by atoms with Gasteiger partial charge in [-0.1, -0.05) is 0 Å². The van der Waals surface area contributed by atoms with Crippen molar-refractivity contribution < 1.29 is 14.3 Å². The van der Waals surface area contributed by atoms with Crippen LogP contribution >= 0.6 is 0 Å². The quantitative estimate of drug-likeness (QED) is 0.263. The SMILES string of the molecule is CCNC(=NCCCC(=O)NC1CC1)NCCCOCCOC. The van der Waals surface area contributed by atoms with Gasteiger partial charge in [0.15, 0.2) is 5.96 Å². The highest BCUT2D eigenvalue weighted by atomic mass is 16.5. The lowest BCUT2D eigenvalue weighted by Gasteiger charge is -2.11. The first kappa shape index (κ1) is 19.7. The van der Waals surface area contributed by atoms with Gasteiger partial charge in [-0.25, -0.2) is 0 Å². The summed E-state index contributed by atoms with van der Waals surface area (Å²) in [5.41, 5.74) is 0. The molecule has 0 aliphatic heterocycles. The van der Waals surface area contributed by atoms with E-state index in [4.69, 9.17) is 9.47 Å². The first-order valence-electron chi connectivity index (χ1n) is 8.64. The molecule has 0 aromatic heterocycles. The minimum atomic E-state index is 0.147. The van der Waals surface area contributed by atoms with E-state index in [1.54, 1.807) is 7.11 Å². The number of nitrogens with one attached hydrogen (secondary N) is 3. The summed E-state index contributed by atoms with van der Waals surface area (Å²) in [6, 6.07) is 0.441. The van der Waals surface area contributed by atoms with Crippen LogP contribution in [-0.4, -0.2) is 64.5 Å². The normalized spacial score (nSPS) is 14.6. The fourth-order valence-electron chi connectivity index (χ4n) is 1.93. The van der Waals surface area contributed by atoms with Gasteiger partial charge in [-0.05, 0) is 32.6 Å². The van der Waals surface area contributed by atoms with Crippen LogP contribution in [0.4, 0.5) is 0 Å². The van der Waals surface area contributed by atoms with Gasteiger partial charge in [0.1, 0.15) is 0 Å². The van der Waals surface area contributed by atoms with Crippen molar-refractivity contribution in [1.82, 2.24) is 16.0 Å². The van der Waals surface area contributed by atoms with Crippen molar-refractivity contribution in [2.24, 2.45) is 4.99 Å². The van der Waals surface area contributed by atoms with Crippen LogP contribution in [0.2, 0.25) is 0 Å². The number of aliphatic imine (C=N–C) groups is 1. The first-order valence-corrected chi connectivity index (χ1v) is 8.64. The van der Waals surface area contributed by atoms with Crippen molar-refractivity contribution in [3.63, 3.8) is 0 Å². The van der Waals surface area contributed by atoms with E-state index in [9.17, 15) is 4.79 Å². The zero-order valence-corrected chi connectivity index (χ0v) is 14.5. The summed E-state index contributed by atoms with van der Waals surface area (Å²) >= 11 is 0. The molecule has 0 aromatic rings. The average Bonchev–Trinajstić information content (AvgIpc) is 3.34. The van der Waals surface area contributed by atoms with E-state index < -0.39 is 0 Å². The van der Waals surface area contributed by atoms with Crippen molar-refractivity contribution in [2.75, 3.05) is 46.6 Å². The number of hydrogen-bond donors (Lipinski definition) is 3. The molecule has 1 aliphatic carbocycles. The molecule has 1 fully saturated rings. The lowest BCUT2D eigenvalue weighted by molar-refractivity contribution is -0.121. The molecule has 7 heteroatoms. The minimum absolute atomic E-state index is 0.147. The minimum Gasteiger partial charge on any atom is -0.382 e. The van der Waals surface area contributed by atoms with E-state index in [0.29, 0.717) is 38.8 Å². The first-order chi connectivity index (χ1) is 11.3. The zero-order chi connectivity index (χ0) is 16.8. The predicted octanol–water partition coefficient (Wildman–Crippen LogP) is 0.653. The van der Waals surface area contributed by atoms with E-state index in [0.717, 1.165) is 44.7 Å². The van der Waals surface area contributed by atoms with Crippen LogP contribution in [0.15, 0.2) is 4.99 Å². The van der Waals surface area contributed by atoms with E-state index in [1.165, 1.54) is 0 Å². The largest absolute Gasteiger partial charge is 0.382 e. The summed E-state index contributed by atoms with van der Waals surface area (Å²) < 4.78 is 10.3. The zero-order valence-electron chi connectivity index (χ0n) is 14.5. The second kappa shape index (κ2) is 13.1. The highest BCUT2D eigenvalue weighted by Crippen LogP contribution is 2.18.